The van der Waals surface area contributed by atoms with Crippen molar-refractivity contribution in [2.24, 2.45) is 0 Å². The molecule has 1 aliphatic heterocycles. The summed E-state index contributed by atoms with van der Waals surface area (Å²) < 4.78 is 10.8. The van der Waals surface area contributed by atoms with Crippen LogP contribution in [0.25, 0.3) is 10.6 Å². The molecular formula is C20H23N5O2S. The lowest BCUT2D eigenvalue weighted by Crippen LogP contribution is -2.46. The number of hydrogen-bond donors (Lipinski definition) is 0. The molecule has 0 amide bonds. The van der Waals surface area contributed by atoms with Crippen LogP contribution in [0, 0.1) is 0 Å². The molecule has 3 heterocycles. The maximum atomic E-state index is 5.51. The van der Waals surface area contributed by atoms with Crippen LogP contribution >= 0.6 is 11.3 Å². The summed E-state index contributed by atoms with van der Waals surface area (Å²) in [7, 11) is 3.32. The van der Waals surface area contributed by atoms with Gasteiger partial charge in [0.2, 0.25) is 5.95 Å². The zero-order chi connectivity index (χ0) is 19.3. The Labute approximate surface area is 168 Å². The van der Waals surface area contributed by atoms with Gasteiger partial charge >= 0.3 is 0 Å². The first-order valence-corrected chi connectivity index (χ1v) is 10.1. The Bertz CT molecular complexity index is 910. The highest BCUT2D eigenvalue weighted by Gasteiger charge is 2.20. The molecule has 3 aromatic rings. The van der Waals surface area contributed by atoms with E-state index in [-0.39, 0.29) is 0 Å². The molecule has 0 atom stereocenters. The van der Waals surface area contributed by atoms with Gasteiger partial charge in [0.1, 0.15) is 16.5 Å². The Kier molecular flexibility index (Phi) is 5.68. The van der Waals surface area contributed by atoms with E-state index in [1.165, 1.54) is 0 Å². The summed E-state index contributed by atoms with van der Waals surface area (Å²) in [5, 5.41) is 3.09. The highest BCUT2D eigenvalue weighted by molar-refractivity contribution is 7.13. The molecule has 0 N–H and O–H groups in total. The summed E-state index contributed by atoms with van der Waals surface area (Å²) in [4.78, 5) is 18.2. The van der Waals surface area contributed by atoms with Crippen molar-refractivity contribution < 1.29 is 9.47 Å². The lowest BCUT2D eigenvalue weighted by molar-refractivity contribution is 0.246. The van der Waals surface area contributed by atoms with E-state index in [9.17, 15) is 0 Å². The molecule has 0 radical (unpaired) electrons. The molecular weight excluding hydrogens is 374 g/mol. The number of anilines is 1. The number of methoxy groups -OCH3 is 2. The van der Waals surface area contributed by atoms with Crippen molar-refractivity contribution in [3.05, 3.63) is 47.7 Å². The third-order valence-electron chi connectivity index (χ3n) is 4.78. The minimum absolute atomic E-state index is 0.775. The zero-order valence-electron chi connectivity index (χ0n) is 16.0. The number of hydrogen-bond acceptors (Lipinski definition) is 8. The lowest BCUT2D eigenvalue weighted by Gasteiger charge is -2.34. The van der Waals surface area contributed by atoms with Gasteiger partial charge in [-0.1, -0.05) is 0 Å². The summed E-state index contributed by atoms with van der Waals surface area (Å²) >= 11 is 1.64. The average molecular weight is 398 g/mol. The van der Waals surface area contributed by atoms with Gasteiger partial charge in [0.15, 0.2) is 0 Å². The van der Waals surface area contributed by atoms with Crippen molar-refractivity contribution >= 4 is 17.3 Å². The first-order valence-electron chi connectivity index (χ1n) is 9.18. The molecule has 146 valence electrons. The van der Waals surface area contributed by atoms with Crippen LogP contribution in [-0.2, 0) is 6.54 Å². The van der Waals surface area contributed by atoms with Gasteiger partial charge in [-0.3, -0.25) is 4.90 Å². The topological polar surface area (TPSA) is 63.6 Å². The maximum Gasteiger partial charge on any atom is 0.225 e. The fraction of sp³-hybridized carbons (Fsp3) is 0.350. The van der Waals surface area contributed by atoms with E-state index in [1.807, 2.05) is 24.3 Å². The molecule has 0 spiro atoms. The number of aromatic nitrogens is 3. The van der Waals surface area contributed by atoms with E-state index in [0.717, 1.165) is 66.4 Å². The number of ether oxygens (including phenoxy) is 2. The third-order valence-corrected chi connectivity index (χ3v) is 5.71. The first kappa shape index (κ1) is 18.6. The van der Waals surface area contributed by atoms with E-state index < -0.39 is 0 Å². The van der Waals surface area contributed by atoms with Gasteiger partial charge < -0.3 is 14.4 Å². The van der Waals surface area contributed by atoms with Crippen molar-refractivity contribution in [2.75, 3.05) is 45.3 Å². The molecule has 1 aliphatic rings. The summed E-state index contributed by atoms with van der Waals surface area (Å²) in [6, 6.07) is 7.67. The summed E-state index contributed by atoms with van der Waals surface area (Å²) in [6.07, 6.45) is 3.58. The second kappa shape index (κ2) is 8.53. The van der Waals surface area contributed by atoms with Crippen LogP contribution in [0.4, 0.5) is 5.95 Å². The van der Waals surface area contributed by atoms with E-state index >= 15 is 0 Å². The minimum atomic E-state index is 0.775. The third kappa shape index (κ3) is 4.07. The molecule has 28 heavy (non-hydrogen) atoms. The monoisotopic (exact) mass is 397 g/mol. The van der Waals surface area contributed by atoms with Gasteiger partial charge in [-0.05, 0) is 18.2 Å². The number of thiazole rings is 1. The molecule has 8 heteroatoms. The summed E-state index contributed by atoms with van der Waals surface area (Å²) in [5.74, 6) is 2.36. The molecule has 4 rings (SSSR count). The van der Waals surface area contributed by atoms with E-state index in [4.69, 9.17) is 14.5 Å². The standard InChI is InChI=1S/C20H23N5O2S/c1-26-16-4-5-17(18(12-16)27-2)19-23-15(14-28-19)13-24-8-10-25(11-9-24)20-21-6-3-7-22-20/h3-7,12,14H,8-11,13H2,1-2H3. The van der Waals surface area contributed by atoms with Crippen molar-refractivity contribution in [2.45, 2.75) is 6.54 Å². The Morgan fingerprint density at radius 3 is 2.54 bits per heavy atom. The molecule has 0 aliphatic carbocycles. The predicted molar refractivity (Wildman–Crippen MR) is 110 cm³/mol. The Morgan fingerprint density at radius 2 is 1.82 bits per heavy atom. The smallest absolute Gasteiger partial charge is 0.225 e. The van der Waals surface area contributed by atoms with Crippen molar-refractivity contribution in [1.29, 1.82) is 0 Å². The normalized spacial score (nSPS) is 14.9. The lowest BCUT2D eigenvalue weighted by atomic mass is 10.2. The number of benzene rings is 1. The second-order valence-corrected chi connectivity index (χ2v) is 7.38. The van der Waals surface area contributed by atoms with Crippen molar-refractivity contribution in [3.8, 4) is 22.1 Å². The first-order chi connectivity index (χ1) is 13.8. The SMILES string of the molecule is COc1ccc(-c2nc(CN3CCN(c4ncccn4)CC3)cs2)c(OC)c1. The molecule has 1 saturated heterocycles. The molecule has 1 aromatic carbocycles. The Balaban J connectivity index is 1.39. The molecule has 1 fully saturated rings. The van der Waals surface area contributed by atoms with E-state index in [0.29, 0.717) is 0 Å². The second-order valence-electron chi connectivity index (χ2n) is 6.52. The molecule has 0 unspecified atom stereocenters. The van der Waals surface area contributed by atoms with Crippen molar-refractivity contribution in [3.63, 3.8) is 0 Å². The largest absolute Gasteiger partial charge is 0.497 e. The maximum absolute atomic E-state index is 5.51. The molecule has 0 bridgehead atoms. The van der Waals surface area contributed by atoms with E-state index in [2.05, 4.69) is 25.1 Å². The fourth-order valence-electron chi connectivity index (χ4n) is 3.27. The van der Waals surface area contributed by atoms with E-state index in [1.54, 1.807) is 38.0 Å². The number of piperazine rings is 1. The Morgan fingerprint density at radius 1 is 1.04 bits per heavy atom. The van der Waals surface area contributed by atoms with Gasteiger partial charge in [0.25, 0.3) is 0 Å². The summed E-state index contributed by atoms with van der Waals surface area (Å²) in [6.45, 7) is 4.63. The van der Waals surface area contributed by atoms with Crippen LogP contribution < -0.4 is 14.4 Å². The Hall–Kier alpha value is -2.71. The van der Waals surface area contributed by atoms with Crippen LogP contribution in [0.15, 0.2) is 42.0 Å². The quantitative estimate of drug-likeness (QED) is 0.634. The van der Waals surface area contributed by atoms with Crippen LogP contribution in [-0.4, -0.2) is 60.3 Å². The summed E-state index contributed by atoms with van der Waals surface area (Å²) in [5.41, 5.74) is 2.08. The van der Waals surface area contributed by atoms with Gasteiger partial charge in [-0.15, -0.1) is 11.3 Å². The van der Waals surface area contributed by atoms with Gasteiger partial charge in [-0.25, -0.2) is 15.0 Å². The van der Waals surface area contributed by atoms with Gasteiger partial charge in [0, 0.05) is 56.6 Å². The van der Waals surface area contributed by atoms with Gasteiger partial charge in [-0.2, -0.15) is 0 Å². The highest BCUT2D eigenvalue weighted by Crippen LogP contribution is 2.35. The molecule has 2 aromatic heterocycles. The predicted octanol–water partition coefficient (Wildman–Crippen LogP) is 2.94. The number of rotatable bonds is 6. The van der Waals surface area contributed by atoms with Crippen LogP contribution in [0.2, 0.25) is 0 Å². The average Bonchev–Trinajstić information content (AvgIpc) is 3.22. The number of nitrogens with zero attached hydrogens (tertiary/aromatic N) is 5. The van der Waals surface area contributed by atoms with Crippen LogP contribution in [0.5, 0.6) is 11.5 Å². The van der Waals surface area contributed by atoms with Gasteiger partial charge in [0.05, 0.1) is 25.5 Å². The fourth-order valence-corrected chi connectivity index (χ4v) is 4.11. The molecule has 7 nitrogen and oxygen atoms in total. The highest BCUT2D eigenvalue weighted by atomic mass is 32.1. The molecule has 0 saturated carbocycles. The zero-order valence-corrected chi connectivity index (χ0v) is 16.9. The van der Waals surface area contributed by atoms with Crippen LogP contribution in [0.1, 0.15) is 5.69 Å². The van der Waals surface area contributed by atoms with Crippen LogP contribution in [0.3, 0.4) is 0 Å². The van der Waals surface area contributed by atoms with Crippen molar-refractivity contribution in [1.82, 2.24) is 19.9 Å². The minimum Gasteiger partial charge on any atom is -0.497 e.